The van der Waals surface area contributed by atoms with Gasteiger partial charge in [0.15, 0.2) is 7.11 Å². The molecule has 0 atom stereocenters. The van der Waals surface area contributed by atoms with E-state index in [2.05, 4.69) is 15.3 Å². The van der Waals surface area contributed by atoms with Crippen LogP contribution in [0.1, 0.15) is 34.3 Å². The zero-order valence-corrected chi connectivity index (χ0v) is 15.0. The second-order valence-corrected chi connectivity index (χ2v) is 5.43. The first kappa shape index (κ1) is 19.1. The van der Waals surface area contributed by atoms with Crippen molar-refractivity contribution < 1.29 is 28.6 Å². The van der Waals surface area contributed by atoms with E-state index >= 15 is 0 Å². The minimum absolute atomic E-state index is 0.00348. The number of rotatable bonds is 7. The van der Waals surface area contributed by atoms with Gasteiger partial charge in [-0.15, -0.1) is 0 Å². The van der Waals surface area contributed by atoms with Gasteiger partial charge in [-0.25, -0.2) is 4.84 Å². The molecule has 1 N–H and O–H groups in total. The van der Waals surface area contributed by atoms with Crippen LogP contribution in [-0.2, 0) is 20.8 Å². The van der Waals surface area contributed by atoms with Crippen molar-refractivity contribution in [2.24, 2.45) is 0 Å². The number of aromatic nitrogens is 1. The Balaban J connectivity index is 2.31. The molecular formula is C17H20N3O6+. The number of hydrogen-bond donors (Lipinski definition) is 1. The number of anilines is 1. The molecule has 0 aliphatic heterocycles. The summed E-state index contributed by atoms with van der Waals surface area (Å²) in [7, 11) is 1.20. The summed E-state index contributed by atoms with van der Waals surface area (Å²) in [5.74, 6) is -0.517. The van der Waals surface area contributed by atoms with Crippen LogP contribution in [0.5, 0.6) is 0 Å². The van der Waals surface area contributed by atoms with Gasteiger partial charge in [0, 0.05) is 6.07 Å². The number of hydrogen-bond acceptors (Lipinski definition) is 7. The lowest BCUT2D eigenvalue weighted by Crippen LogP contribution is -2.16. The van der Waals surface area contributed by atoms with Crippen LogP contribution in [0.15, 0.2) is 22.7 Å². The highest BCUT2D eigenvalue weighted by atomic mass is 16.8. The summed E-state index contributed by atoms with van der Waals surface area (Å²) < 4.78 is 9.87. The third-order valence-corrected chi connectivity index (χ3v) is 3.59. The minimum Gasteiger partial charge on any atom is -0.466 e. The topological polar surface area (TPSA) is 111 Å². The molecule has 2 rings (SSSR count). The Kier molecular flexibility index (Phi) is 6.05. The number of esters is 1. The largest absolute Gasteiger partial charge is 0.466 e. The zero-order valence-electron chi connectivity index (χ0n) is 15.0. The summed E-state index contributed by atoms with van der Waals surface area (Å²) in [6.07, 6.45) is -0.00348. The van der Waals surface area contributed by atoms with Gasteiger partial charge in [-0.1, -0.05) is 11.2 Å². The molecular weight excluding hydrogens is 342 g/mol. The van der Waals surface area contributed by atoms with Crippen molar-refractivity contribution in [3.63, 3.8) is 0 Å². The Morgan fingerprint density at radius 1 is 1.31 bits per heavy atom. The Labute approximate surface area is 149 Å². The van der Waals surface area contributed by atoms with Crippen LogP contribution in [0.25, 0.3) is 0 Å². The third-order valence-electron chi connectivity index (χ3n) is 3.59. The van der Waals surface area contributed by atoms with Gasteiger partial charge in [-0.2, -0.15) is 0 Å². The summed E-state index contributed by atoms with van der Waals surface area (Å²) in [5, 5.41) is 6.37. The molecule has 0 saturated heterocycles. The van der Waals surface area contributed by atoms with E-state index in [9.17, 15) is 14.5 Å². The van der Waals surface area contributed by atoms with Crippen LogP contribution in [0, 0.1) is 18.8 Å². The van der Waals surface area contributed by atoms with Crippen molar-refractivity contribution in [3.8, 4) is 0 Å². The predicted molar refractivity (Wildman–Crippen MR) is 91.0 cm³/mol. The number of ether oxygens (including phenoxy) is 1. The van der Waals surface area contributed by atoms with Gasteiger partial charge in [0.1, 0.15) is 17.0 Å². The summed E-state index contributed by atoms with van der Waals surface area (Å²) in [6.45, 7) is 5.24. The average Bonchev–Trinajstić information content (AvgIpc) is 2.94. The van der Waals surface area contributed by atoms with E-state index in [-0.39, 0.29) is 29.3 Å². The Hall–Kier alpha value is -3.23. The monoisotopic (exact) mass is 362 g/mol. The zero-order chi connectivity index (χ0) is 19.3. The Morgan fingerprint density at radius 2 is 2.04 bits per heavy atom. The molecule has 1 aromatic heterocycles. The molecule has 1 heterocycles. The minimum atomic E-state index is -0.467. The second kappa shape index (κ2) is 8.24. The van der Waals surface area contributed by atoms with Crippen molar-refractivity contribution >= 4 is 23.3 Å². The first-order valence-corrected chi connectivity index (χ1v) is 7.91. The highest BCUT2D eigenvalue weighted by Gasteiger charge is 2.26. The summed E-state index contributed by atoms with van der Waals surface area (Å²) >= 11 is 0. The SMILES string of the molecule is CCOC(=O)Cc1ccc(NC(=O)c2c(C)noc2C)c([N+](=O)OC)c1. The first-order chi connectivity index (χ1) is 12.4. The fourth-order valence-electron chi connectivity index (χ4n) is 2.41. The van der Waals surface area contributed by atoms with Gasteiger partial charge in [0.25, 0.3) is 10.8 Å². The van der Waals surface area contributed by atoms with Crippen molar-refractivity contribution in [3.05, 3.63) is 45.7 Å². The fraction of sp³-hybridized carbons (Fsp3) is 0.353. The standard InChI is InChI=1S/C17H19N3O6/c1-5-25-15(21)9-12-6-7-13(14(8-12)20(23)24-4)18-17(22)16-10(2)19-26-11(16)3/h6-8H,5,9H2,1-4H3/p+1. The lowest BCUT2D eigenvalue weighted by molar-refractivity contribution is -0.736. The van der Waals surface area contributed by atoms with Crippen LogP contribution >= 0.6 is 0 Å². The van der Waals surface area contributed by atoms with Crippen LogP contribution in [0.2, 0.25) is 0 Å². The normalized spacial score (nSPS) is 10.3. The molecule has 0 fully saturated rings. The molecule has 2 aromatic rings. The lowest BCUT2D eigenvalue weighted by atomic mass is 10.1. The highest BCUT2D eigenvalue weighted by molar-refractivity contribution is 6.06. The number of amides is 1. The summed E-state index contributed by atoms with van der Waals surface area (Å²) in [5.41, 5.74) is 1.55. The maximum atomic E-state index is 12.5. The van der Waals surface area contributed by atoms with E-state index in [0.717, 1.165) is 0 Å². The molecule has 138 valence electrons. The molecule has 0 aliphatic rings. The number of benzene rings is 1. The number of carbonyl (C=O) groups excluding carboxylic acids is 2. The quantitative estimate of drug-likeness (QED) is 0.595. The van der Waals surface area contributed by atoms with E-state index in [0.29, 0.717) is 22.6 Å². The molecule has 1 amide bonds. The van der Waals surface area contributed by atoms with Crippen molar-refractivity contribution in [1.82, 2.24) is 5.16 Å². The van der Waals surface area contributed by atoms with Gasteiger partial charge in [-0.3, -0.25) is 9.59 Å². The lowest BCUT2D eigenvalue weighted by Gasteiger charge is -2.07. The smallest absolute Gasteiger partial charge is 0.340 e. The van der Waals surface area contributed by atoms with Gasteiger partial charge in [0.05, 0.1) is 23.6 Å². The highest BCUT2D eigenvalue weighted by Crippen LogP contribution is 2.27. The molecule has 9 nitrogen and oxygen atoms in total. The number of nitrogens with zero attached hydrogens (tertiary/aromatic N) is 2. The average molecular weight is 362 g/mol. The summed E-state index contributed by atoms with van der Waals surface area (Å²) in [4.78, 5) is 41.0. The predicted octanol–water partition coefficient (Wildman–Crippen LogP) is 2.62. The van der Waals surface area contributed by atoms with Crippen LogP contribution in [0.3, 0.4) is 0 Å². The van der Waals surface area contributed by atoms with E-state index < -0.39 is 11.9 Å². The van der Waals surface area contributed by atoms with Gasteiger partial charge >= 0.3 is 11.7 Å². The molecule has 0 radical (unpaired) electrons. The van der Waals surface area contributed by atoms with E-state index in [1.165, 1.54) is 19.2 Å². The molecule has 1 aromatic carbocycles. The molecule has 0 unspecified atom stereocenters. The van der Waals surface area contributed by atoms with Crippen molar-refractivity contribution in [2.75, 3.05) is 19.0 Å². The van der Waals surface area contributed by atoms with E-state index in [1.54, 1.807) is 26.8 Å². The molecule has 0 bridgehead atoms. The van der Waals surface area contributed by atoms with Crippen LogP contribution in [0.4, 0.5) is 11.4 Å². The number of aryl methyl sites for hydroxylation is 2. The Bertz CT molecular complexity index is 824. The third kappa shape index (κ3) is 4.24. The molecule has 9 heteroatoms. The van der Waals surface area contributed by atoms with Crippen LogP contribution in [-0.4, -0.2) is 35.7 Å². The first-order valence-electron chi connectivity index (χ1n) is 7.91. The van der Waals surface area contributed by atoms with Crippen molar-refractivity contribution in [2.45, 2.75) is 27.2 Å². The van der Waals surface area contributed by atoms with Gasteiger partial charge < -0.3 is 14.6 Å². The molecule has 26 heavy (non-hydrogen) atoms. The molecule has 0 saturated carbocycles. The van der Waals surface area contributed by atoms with E-state index in [4.69, 9.17) is 9.26 Å². The summed E-state index contributed by atoms with van der Waals surface area (Å²) in [6, 6.07) is 4.59. The maximum Gasteiger partial charge on any atom is 0.340 e. The van der Waals surface area contributed by atoms with Crippen LogP contribution < -0.4 is 5.32 Å². The molecule has 0 spiro atoms. The fourth-order valence-corrected chi connectivity index (χ4v) is 2.41. The van der Waals surface area contributed by atoms with Gasteiger partial charge in [-0.05, 0) is 32.4 Å². The van der Waals surface area contributed by atoms with E-state index in [1.807, 2.05) is 0 Å². The van der Waals surface area contributed by atoms with Crippen molar-refractivity contribution in [1.29, 1.82) is 0 Å². The van der Waals surface area contributed by atoms with Gasteiger partial charge in [0.2, 0.25) is 0 Å². The molecule has 0 aliphatic carbocycles. The number of nitrogens with one attached hydrogen (secondary N) is 1. The maximum absolute atomic E-state index is 12.5. The second-order valence-electron chi connectivity index (χ2n) is 5.43. The Morgan fingerprint density at radius 3 is 2.62 bits per heavy atom. The number of carbonyl (C=O) groups is 2.